The lowest BCUT2D eigenvalue weighted by Gasteiger charge is -2.45. The number of amides is 1. The van der Waals surface area contributed by atoms with Gasteiger partial charge in [-0.3, -0.25) is 15.6 Å². The molecule has 1 unspecified atom stereocenters. The van der Waals surface area contributed by atoms with Gasteiger partial charge in [-0.15, -0.1) is 0 Å². The van der Waals surface area contributed by atoms with Gasteiger partial charge < -0.3 is 25.0 Å². The Bertz CT molecular complexity index is 1150. The summed E-state index contributed by atoms with van der Waals surface area (Å²) in [4.78, 5) is 20.5. The Morgan fingerprint density at radius 2 is 2.08 bits per heavy atom. The Kier molecular flexibility index (Phi) is 7.16. The zero-order chi connectivity index (χ0) is 24.9. The maximum Gasteiger partial charge on any atom is 0.215 e. The van der Waals surface area contributed by atoms with Crippen LogP contribution in [0.2, 0.25) is 0 Å². The fourth-order valence-electron chi connectivity index (χ4n) is 5.00. The van der Waals surface area contributed by atoms with Gasteiger partial charge in [0.2, 0.25) is 12.3 Å². The average molecular weight is 491 g/mol. The van der Waals surface area contributed by atoms with E-state index in [1.807, 2.05) is 24.4 Å². The predicted octanol–water partition coefficient (Wildman–Crippen LogP) is 3.07. The summed E-state index contributed by atoms with van der Waals surface area (Å²) in [5.74, 6) is 1.48. The Morgan fingerprint density at radius 1 is 1.22 bits per heavy atom. The quantitative estimate of drug-likeness (QED) is 0.398. The molecule has 9 nitrogen and oxygen atoms in total. The van der Waals surface area contributed by atoms with Gasteiger partial charge in [-0.05, 0) is 50.0 Å². The van der Waals surface area contributed by atoms with Crippen LogP contribution >= 0.6 is 0 Å². The van der Waals surface area contributed by atoms with Gasteiger partial charge >= 0.3 is 0 Å². The first-order valence-electron chi connectivity index (χ1n) is 12.8. The first-order chi connectivity index (χ1) is 17.7. The number of ether oxygens (including phenoxy) is 1. The molecule has 4 N–H and O–H groups in total. The summed E-state index contributed by atoms with van der Waals surface area (Å²) in [6.45, 7) is 4.59. The largest absolute Gasteiger partial charge is 0.507 e. The highest BCUT2D eigenvalue weighted by Crippen LogP contribution is 2.31. The summed E-state index contributed by atoms with van der Waals surface area (Å²) in [7, 11) is 0. The van der Waals surface area contributed by atoms with Crippen LogP contribution in [-0.4, -0.2) is 53.2 Å². The zero-order valence-corrected chi connectivity index (χ0v) is 20.6. The second-order valence-electron chi connectivity index (χ2n) is 9.45. The molecule has 1 saturated carbocycles. The van der Waals surface area contributed by atoms with E-state index in [2.05, 4.69) is 50.0 Å². The van der Waals surface area contributed by atoms with Crippen LogP contribution in [0.3, 0.4) is 0 Å². The molecule has 1 aliphatic carbocycles. The van der Waals surface area contributed by atoms with Gasteiger partial charge in [0.25, 0.3) is 0 Å². The minimum Gasteiger partial charge on any atom is -0.507 e. The SMILES string of the molecule is CCCC1CN(C2=C(NC=O)NNC(c3ccccc3O)=C2)CCN1c1ccnc(OC2CCC2)c1. The second kappa shape index (κ2) is 10.8. The van der Waals surface area contributed by atoms with E-state index in [0.29, 0.717) is 29.8 Å². The highest BCUT2D eigenvalue weighted by molar-refractivity contribution is 5.72. The minimum absolute atomic E-state index is 0.190. The number of nitrogens with one attached hydrogen (secondary N) is 3. The number of phenolic OH excluding ortho intramolecular Hbond substituents is 1. The van der Waals surface area contributed by atoms with Gasteiger partial charge in [0, 0.05) is 49.2 Å². The van der Waals surface area contributed by atoms with Crippen molar-refractivity contribution < 1.29 is 14.6 Å². The molecule has 2 aromatic rings. The van der Waals surface area contributed by atoms with Gasteiger partial charge in [0.15, 0.2) is 0 Å². The Hall–Kier alpha value is -3.88. The van der Waals surface area contributed by atoms with Crippen LogP contribution in [0.15, 0.2) is 60.2 Å². The van der Waals surface area contributed by atoms with Gasteiger partial charge in [-0.1, -0.05) is 25.5 Å². The monoisotopic (exact) mass is 490 g/mol. The standard InChI is InChI=1S/C27H34N6O3/c1-2-6-20-17-32(13-14-33(20)19-11-12-28-26(15-19)36-21-7-5-8-21)24-16-23(30-31-27(24)29-18-34)22-9-3-4-10-25(22)35/h3-4,9-12,15-16,18,20-21,30-31,35H,2,5-8,13-14,17H2,1H3,(H,29,34). The van der Waals surface area contributed by atoms with E-state index in [0.717, 1.165) is 62.4 Å². The Morgan fingerprint density at radius 3 is 2.83 bits per heavy atom. The number of allylic oxidation sites excluding steroid dienone is 1. The van der Waals surface area contributed by atoms with Gasteiger partial charge in [0.1, 0.15) is 17.7 Å². The van der Waals surface area contributed by atoms with Crippen LogP contribution in [0.5, 0.6) is 11.6 Å². The number of anilines is 1. The van der Waals surface area contributed by atoms with E-state index in [9.17, 15) is 9.90 Å². The molecule has 1 saturated heterocycles. The summed E-state index contributed by atoms with van der Waals surface area (Å²) < 4.78 is 6.06. The number of carbonyl (C=O) groups excluding carboxylic acids is 1. The van der Waals surface area contributed by atoms with Crippen LogP contribution in [0.4, 0.5) is 5.69 Å². The van der Waals surface area contributed by atoms with Crippen molar-refractivity contribution in [2.24, 2.45) is 0 Å². The van der Waals surface area contributed by atoms with Gasteiger partial charge in [0.05, 0.1) is 11.4 Å². The topological polar surface area (TPSA) is 102 Å². The highest BCUT2D eigenvalue weighted by Gasteiger charge is 2.30. The number of piperazine rings is 1. The van der Waals surface area contributed by atoms with Crippen LogP contribution < -0.4 is 25.8 Å². The van der Waals surface area contributed by atoms with Crippen LogP contribution in [0.1, 0.15) is 44.6 Å². The molecular weight excluding hydrogens is 456 g/mol. The average Bonchev–Trinajstić information content (AvgIpc) is 2.87. The minimum atomic E-state index is 0.190. The summed E-state index contributed by atoms with van der Waals surface area (Å²) in [5.41, 5.74) is 9.63. The van der Waals surface area contributed by atoms with E-state index in [1.54, 1.807) is 12.1 Å². The molecule has 0 bridgehead atoms. The Labute approximate surface area is 211 Å². The van der Waals surface area contributed by atoms with Gasteiger partial charge in [-0.25, -0.2) is 4.98 Å². The third-order valence-electron chi connectivity index (χ3n) is 7.09. The van der Waals surface area contributed by atoms with E-state index in [4.69, 9.17) is 4.74 Å². The van der Waals surface area contributed by atoms with E-state index in [-0.39, 0.29) is 11.8 Å². The summed E-state index contributed by atoms with van der Waals surface area (Å²) in [6, 6.07) is 11.6. The maximum atomic E-state index is 11.3. The first-order valence-corrected chi connectivity index (χ1v) is 12.8. The van der Waals surface area contributed by atoms with Crippen molar-refractivity contribution in [2.45, 2.75) is 51.2 Å². The van der Waals surface area contributed by atoms with Crippen molar-refractivity contribution in [3.63, 3.8) is 0 Å². The third kappa shape index (κ3) is 5.05. The molecule has 190 valence electrons. The number of rotatable bonds is 9. The molecule has 36 heavy (non-hydrogen) atoms. The lowest BCUT2D eigenvalue weighted by atomic mass is 9.96. The number of para-hydroxylation sites is 1. The van der Waals surface area contributed by atoms with Crippen LogP contribution in [-0.2, 0) is 4.79 Å². The molecule has 5 rings (SSSR count). The number of hydrogen-bond donors (Lipinski definition) is 4. The van der Waals surface area contributed by atoms with Crippen molar-refractivity contribution in [3.8, 4) is 11.6 Å². The van der Waals surface area contributed by atoms with Crippen molar-refractivity contribution in [3.05, 3.63) is 65.8 Å². The second-order valence-corrected chi connectivity index (χ2v) is 9.45. The Balaban J connectivity index is 1.39. The lowest BCUT2D eigenvalue weighted by molar-refractivity contribution is -0.109. The summed E-state index contributed by atoms with van der Waals surface area (Å²) >= 11 is 0. The summed E-state index contributed by atoms with van der Waals surface area (Å²) in [5, 5.41) is 13.1. The molecule has 9 heteroatoms. The van der Waals surface area contributed by atoms with Crippen molar-refractivity contribution >= 4 is 17.8 Å². The molecule has 0 radical (unpaired) electrons. The van der Waals surface area contributed by atoms with Gasteiger partial charge in [-0.2, -0.15) is 0 Å². The fraction of sp³-hybridized carbons (Fsp3) is 0.407. The number of hydrogen-bond acceptors (Lipinski definition) is 8. The number of benzene rings is 1. The molecule has 1 atom stereocenters. The molecule has 2 fully saturated rings. The molecule has 1 amide bonds. The number of carbonyl (C=O) groups is 1. The fourth-order valence-corrected chi connectivity index (χ4v) is 5.00. The normalized spacial score (nSPS) is 20.1. The molecule has 3 heterocycles. The maximum absolute atomic E-state index is 11.3. The van der Waals surface area contributed by atoms with Crippen molar-refractivity contribution in [1.82, 2.24) is 26.1 Å². The number of hydrazine groups is 1. The number of nitrogens with zero attached hydrogens (tertiary/aromatic N) is 3. The zero-order valence-electron chi connectivity index (χ0n) is 20.6. The van der Waals surface area contributed by atoms with E-state index in [1.165, 1.54) is 6.42 Å². The third-order valence-corrected chi connectivity index (χ3v) is 7.09. The van der Waals surface area contributed by atoms with Crippen molar-refractivity contribution in [1.29, 1.82) is 0 Å². The van der Waals surface area contributed by atoms with Crippen LogP contribution in [0, 0.1) is 0 Å². The number of aromatic hydroxyl groups is 1. The highest BCUT2D eigenvalue weighted by atomic mass is 16.5. The molecule has 2 aliphatic heterocycles. The first kappa shape index (κ1) is 23.8. The smallest absolute Gasteiger partial charge is 0.215 e. The summed E-state index contributed by atoms with van der Waals surface area (Å²) in [6.07, 6.45) is 10.3. The van der Waals surface area contributed by atoms with Crippen LogP contribution in [0.25, 0.3) is 5.70 Å². The van der Waals surface area contributed by atoms with Crippen molar-refractivity contribution in [2.75, 3.05) is 24.5 Å². The van der Waals surface area contributed by atoms with E-state index < -0.39 is 0 Å². The molecule has 1 aromatic carbocycles. The molecule has 1 aromatic heterocycles. The predicted molar refractivity (Wildman–Crippen MR) is 139 cm³/mol. The number of aromatic nitrogens is 1. The number of phenols is 1. The van der Waals surface area contributed by atoms with E-state index >= 15 is 0 Å². The molecular formula is C27H34N6O3. The lowest BCUT2D eigenvalue weighted by Crippen LogP contribution is -2.54. The number of pyridine rings is 1. The molecule has 0 spiro atoms. The molecule has 3 aliphatic rings.